The molecule has 2 atom stereocenters. The van der Waals surface area contributed by atoms with E-state index in [4.69, 9.17) is 4.74 Å². The van der Waals surface area contributed by atoms with E-state index < -0.39 is 10.2 Å². The van der Waals surface area contributed by atoms with E-state index >= 15 is 0 Å². The third-order valence-corrected chi connectivity index (χ3v) is 5.77. The van der Waals surface area contributed by atoms with Crippen LogP contribution in [0.15, 0.2) is 0 Å². The maximum Gasteiger partial charge on any atom is 0.282 e. The van der Waals surface area contributed by atoms with Gasteiger partial charge in [-0.25, -0.2) is 0 Å². The number of ether oxygens (including phenoxy) is 1. The number of piperidine rings is 1. The van der Waals surface area contributed by atoms with Crippen molar-refractivity contribution in [3.63, 3.8) is 0 Å². The minimum atomic E-state index is -3.31. The Bertz CT molecular complexity index is 386. The molecule has 0 saturated carbocycles. The van der Waals surface area contributed by atoms with Crippen molar-refractivity contribution < 1.29 is 13.2 Å². The van der Waals surface area contributed by atoms with Crippen molar-refractivity contribution in [1.29, 1.82) is 0 Å². The van der Waals surface area contributed by atoms with Crippen LogP contribution in [0.1, 0.15) is 19.8 Å². The van der Waals surface area contributed by atoms with Crippen LogP contribution in [0.5, 0.6) is 0 Å². The van der Waals surface area contributed by atoms with E-state index in [1.165, 1.54) is 0 Å². The van der Waals surface area contributed by atoms with E-state index in [9.17, 15) is 8.42 Å². The quantitative estimate of drug-likeness (QED) is 0.785. The summed E-state index contributed by atoms with van der Waals surface area (Å²) in [5, 5.41) is 3.04. The van der Waals surface area contributed by atoms with Crippen molar-refractivity contribution in [3.05, 3.63) is 0 Å². The Morgan fingerprint density at radius 1 is 1.26 bits per heavy atom. The van der Waals surface area contributed by atoms with Gasteiger partial charge < -0.3 is 10.1 Å². The molecule has 112 valence electrons. The molecule has 2 rings (SSSR count). The zero-order valence-electron chi connectivity index (χ0n) is 11.8. The number of nitrogens with zero attached hydrogens (tertiary/aromatic N) is 2. The second-order valence-electron chi connectivity index (χ2n) is 5.52. The van der Waals surface area contributed by atoms with Crippen LogP contribution >= 0.6 is 0 Å². The molecule has 0 aromatic carbocycles. The Hall–Kier alpha value is -0.210. The Labute approximate surface area is 116 Å². The van der Waals surface area contributed by atoms with Gasteiger partial charge in [-0.1, -0.05) is 6.92 Å². The van der Waals surface area contributed by atoms with Gasteiger partial charge in [-0.3, -0.25) is 0 Å². The highest BCUT2D eigenvalue weighted by Crippen LogP contribution is 2.21. The Balaban J connectivity index is 2.02. The summed E-state index contributed by atoms with van der Waals surface area (Å²) in [6, 6.07) is 0. The van der Waals surface area contributed by atoms with E-state index in [2.05, 4.69) is 12.2 Å². The number of rotatable bonds is 4. The Morgan fingerprint density at radius 2 is 2.00 bits per heavy atom. The van der Waals surface area contributed by atoms with Gasteiger partial charge in [-0.05, 0) is 25.8 Å². The van der Waals surface area contributed by atoms with Crippen molar-refractivity contribution in [2.45, 2.75) is 25.9 Å². The van der Waals surface area contributed by atoms with Gasteiger partial charge in [0.2, 0.25) is 0 Å². The molecule has 2 unspecified atom stereocenters. The molecule has 0 spiro atoms. The lowest BCUT2D eigenvalue weighted by molar-refractivity contribution is -0.00131. The molecule has 7 heteroatoms. The monoisotopic (exact) mass is 291 g/mol. The minimum absolute atomic E-state index is 0.0456. The van der Waals surface area contributed by atoms with Crippen molar-refractivity contribution in [1.82, 2.24) is 13.9 Å². The molecule has 0 amide bonds. The highest BCUT2D eigenvalue weighted by Gasteiger charge is 2.35. The summed E-state index contributed by atoms with van der Waals surface area (Å²) >= 11 is 0. The van der Waals surface area contributed by atoms with Crippen LogP contribution < -0.4 is 5.32 Å². The predicted octanol–water partition coefficient (Wildman–Crippen LogP) is -0.117. The summed E-state index contributed by atoms with van der Waals surface area (Å²) in [4.78, 5) is 0. The fourth-order valence-corrected chi connectivity index (χ4v) is 4.56. The van der Waals surface area contributed by atoms with Crippen LogP contribution in [0.25, 0.3) is 0 Å². The highest BCUT2D eigenvalue weighted by molar-refractivity contribution is 7.86. The van der Waals surface area contributed by atoms with Crippen LogP contribution in [-0.4, -0.2) is 69.5 Å². The molecule has 0 bridgehead atoms. The van der Waals surface area contributed by atoms with Crippen molar-refractivity contribution in [2.24, 2.45) is 5.92 Å². The molecule has 0 aromatic rings. The fourth-order valence-electron chi connectivity index (χ4n) is 2.77. The smallest absolute Gasteiger partial charge is 0.282 e. The lowest BCUT2D eigenvalue weighted by Crippen LogP contribution is -2.54. The summed E-state index contributed by atoms with van der Waals surface area (Å²) in [5.74, 6) is 0.456. The SMILES string of the molecule is CNCC1CN(S(=O)(=O)N2CCCC(C)C2)CCO1. The summed E-state index contributed by atoms with van der Waals surface area (Å²) < 4.78 is 34.0. The molecule has 2 heterocycles. The van der Waals surface area contributed by atoms with Gasteiger partial charge in [0.1, 0.15) is 0 Å². The molecular formula is C12H25N3O3S. The molecule has 1 N–H and O–H groups in total. The van der Waals surface area contributed by atoms with Crippen LogP contribution in [0, 0.1) is 5.92 Å². The molecule has 19 heavy (non-hydrogen) atoms. The van der Waals surface area contributed by atoms with Crippen LogP contribution in [0.3, 0.4) is 0 Å². The van der Waals surface area contributed by atoms with Crippen molar-refractivity contribution in [2.75, 3.05) is 46.4 Å². The molecule has 0 radical (unpaired) electrons. The van der Waals surface area contributed by atoms with E-state index in [1.807, 2.05) is 7.05 Å². The lowest BCUT2D eigenvalue weighted by atomic mass is 10.0. The molecule has 0 aliphatic carbocycles. The minimum Gasteiger partial charge on any atom is -0.374 e. The van der Waals surface area contributed by atoms with Gasteiger partial charge in [0.15, 0.2) is 0 Å². The summed E-state index contributed by atoms with van der Waals surface area (Å²) in [6.07, 6.45) is 2.04. The van der Waals surface area contributed by atoms with Gasteiger partial charge >= 0.3 is 0 Å². The van der Waals surface area contributed by atoms with E-state index in [0.29, 0.717) is 45.2 Å². The van der Waals surface area contributed by atoms with Crippen molar-refractivity contribution >= 4 is 10.2 Å². The zero-order chi connectivity index (χ0) is 13.9. The van der Waals surface area contributed by atoms with E-state index in [-0.39, 0.29) is 6.10 Å². The van der Waals surface area contributed by atoms with E-state index in [1.54, 1.807) is 8.61 Å². The predicted molar refractivity (Wildman–Crippen MR) is 74.1 cm³/mol. The van der Waals surface area contributed by atoms with Gasteiger partial charge in [-0.2, -0.15) is 17.0 Å². The third-order valence-electron chi connectivity index (χ3n) is 3.81. The number of hydrogen-bond acceptors (Lipinski definition) is 4. The molecule has 2 aliphatic rings. The van der Waals surface area contributed by atoms with Crippen LogP contribution in [0.4, 0.5) is 0 Å². The molecule has 2 saturated heterocycles. The van der Waals surface area contributed by atoms with E-state index in [0.717, 1.165) is 12.8 Å². The Morgan fingerprint density at radius 3 is 2.68 bits per heavy atom. The summed E-state index contributed by atoms with van der Waals surface area (Å²) in [7, 11) is -1.46. The van der Waals surface area contributed by atoms with Gasteiger partial charge in [0.05, 0.1) is 12.7 Å². The molecular weight excluding hydrogens is 266 g/mol. The average molecular weight is 291 g/mol. The fraction of sp³-hybridized carbons (Fsp3) is 1.00. The highest BCUT2D eigenvalue weighted by atomic mass is 32.2. The topological polar surface area (TPSA) is 61.9 Å². The zero-order valence-corrected chi connectivity index (χ0v) is 12.7. The second kappa shape index (κ2) is 6.49. The lowest BCUT2D eigenvalue weighted by Gasteiger charge is -2.38. The first-order valence-electron chi connectivity index (χ1n) is 7.05. The van der Waals surface area contributed by atoms with Crippen LogP contribution in [-0.2, 0) is 14.9 Å². The standard InChI is InChI=1S/C12H25N3O3S/c1-11-4-3-5-14(9-11)19(16,17)15-6-7-18-12(10-15)8-13-2/h11-13H,3-10H2,1-2H3. The number of likely N-dealkylation sites (N-methyl/N-ethyl adjacent to an activating group) is 1. The normalized spacial score (nSPS) is 31.5. The van der Waals surface area contributed by atoms with Gasteiger partial charge in [0.25, 0.3) is 10.2 Å². The molecule has 2 fully saturated rings. The third kappa shape index (κ3) is 3.66. The summed E-state index contributed by atoms with van der Waals surface area (Å²) in [5.41, 5.74) is 0. The maximum atomic E-state index is 12.6. The van der Waals surface area contributed by atoms with Gasteiger partial charge in [0, 0.05) is 32.7 Å². The van der Waals surface area contributed by atoms with Gasteiger partial charge in [-0.15, -0.1) is 0 Å². The molecule has 6 nitrogen and oxygen atoms in total. The van der Waals surface area contributed by atoms with Crippen LogP contribution in [0.2, 0.25) is 0 Å². The molecule has 0 aromatic heterocycles. The first-order valence-corrected chi connectivity index (χ1v) is 8.45. The van der Waals surface area contributed by atoms with Crippen molar-refractivity contribution in [3.8, 4) is 0 Å². The average Bonchev–Trinajstić information content (AvgIpc) is 2.39. The maximum absolute atomic E-state index is 12.6. The summed E-state index contributed by atoms with van der Waals surface area (Å²) in [6.45, 7) is 5.50. The first-order chi connectivity index (χ1) is 9.04. The second-order valence-corrected chi connectivity index (χ2v) is 7.45. The largest absolute Gasteiger partial charge is 0.374 e. The molecule has 2 aliphatic heterocycles. The first kappa shape index (κ1) is 15.2. The number of hydrogen-bond donors (Lipinski definition) is 1. The Kier molecular flexibility index (Phi) is 5.19. The number of morpholine rings is 1. The number of nitrogens with one attached hydrogen (secondary N) is 1.